The van der Waals surface area contributed by atoms with E-state index >= 15 is 0 Å². The molecule has 0 heterocycles. The first-order valence-electron chi connectivity index (χ1n) is 4.16. The van der Waals surface area contributed by atoms with E-state index in [1.165, 1.54) is 23.9 Å². The van der Waals surface area contributed by atoms with Crippen molar-refractivity contribution < 1.29 is 15.0 Å². The topological polar surface area (TPSA) is 57.5 Å². The Hall–Kier alpha value is -1.16. The van der Waals surface area contributed by atoms with Gasteiger partial charge in [0.1, 0.15) is 5.75 Å². The number of aromatic hydroxyl groups is 1. The molecule has 0 amide bonds. The van der Waals surface area contributed by atoms with E-state index in [-0.39, 0.29) is 5.75 Å². The van der Waals surface area contributed by atoms with Gasteiger partial charge in [-0.15, -0.1) is 0 Å². The summed E-state index contributed by atoms with van der Waals surface area (Å²) in [6, 6.07) is 6.30. The van der Waals surface area contributed by atoms with Crippen molar-refractivity contribution in [3.8, 4) is 5.75 Å². The van der Waals surface area contributed by atoms with Crippen LogP contribution in [0.5, 0.6) is 5.75 Å². The minimum atomic E-state index is -0.829. The van der Waals surface area contributed by atoms with Gasteiger partial charge in [-0.3, -0.25) is 4.79 Å². The Morgan fingerprint density at radius 1 is 1.43 bits per heavy atom. The van der Waals surface area contributed by atoms with Gasteiger partial charge < -0.3 is 10.2 Å². The number of thioether (sulfide) groups is 1. The molecule has 1 atom stereocenters. The van der Waals surface area contributed by atoms with E-state index in [1.54, 1.807) is 12.1 Å². The van der Waals surface area contributed by atoms with Crippen LogP contribution in [0.2, 0.25) is 0 Å². The van der Waals surface area contributed by atoms with E-state index in [0.29, 0.717) is 5.75 Å². The van der Waals surface area contributed by atoms with Gasteiger partial charge in [-0.2, -0.15) is 11.8 Å². The lowest BCUT2D eigenvalue weighted by atomic mass is 10.0. The number of aliphatic carboxylic acids is 1. The van der Waals surface area contributed by atoms with Crippen LogP contribution in [0.25, 0.3) is 0 Å². The molecule has 0 aromatic heterocycles. The van der Waals surface area contributed by atoms with Gasteiger partial charge in [0, 0.05) is 5.75 Å². The molecule has 0 radical (unpaired) electrons. The van der Waals surface area contributed by atoms with Gasteiger partial charge in [-0.1, -0.05) is 12.1 Å². The average molecular weight is 212 g/mol. The number of carboxylic acid groups (broad SMARTS) is 1. The zero-order valence-electron chi connectivity index (χ0n) is 7.80. The molecular weight excluding hydrogens is 200 g/mol. The van der Waals surface area contributed by atoms with E-state index in [2.05, 4.69) is 0 Å². The number of hydrogen-bond donors (Lipinski definition) is 2. The summed E-state index contributed by atoms with van der Waals surface area (Å²) in [5.74, 6) is -0.627. The number of benzene rings is 1. The zero-order chi connectivity index (χ0) is 10.6. The summed E-state index contributed by atoms with van der Waals surface area (Å²) < 4.78 is 0. The van der Waals surface area contributed by atoms with E-state index < -0.39 is 11.9 Å². The maximum atomic E-state index is 10.9. The first kappa shape index (κ1) is 10.9. The van der Waals surface area contributed by atoms with Crippen LogP contribution in [0.3, 0.4) is 0 Å². The molecule has 1 rings (SSSR count). The molecule has 0 spiro atoms. The second kappa shape index (κ2) is 4.91. The van der Waals surface area contributed by atoms with Crippen LogP contribution in [0.1, 0.15) is 11.5 Å². The second-order valence-electron chi connectivity index (χ2n) is 2.94. The molecule has 0 bridgehead atoms. The van der Waals surface area contributed by atoms with Crippen molar-refractivity contribution in [2.45, 2.75) is 5.92 Å². The summed E-state index contributed by atoms with van der Waals surface area (Å²) in [4.78, 5) is 10.9. The first-order valence-corrected chi connectivity index (χ1v) is 5.55. The second-order valence-corrected chi connectivity index (χ2v) is 3.85. The zero-order valence-corrected chi connectivity index (χ0v) is 8.62. The van der Waals surface area contributed by atoms with Gasteiger partial charge >= 0.3 is 5.97 Å². The summed E-state index contributed by atoms with van der Waals surface area (Å²) in [6.07, 6.45) is 1.87. The molecule has 1 aromatic rings. The minimum absolute atomic E-state index is 0.155. The SMILES string of the molecule is CSCC(C(=O)O)c1ccc(O)cc1. The highest BCUT2D eigenvalue weighted by atomic mass is 32.2. The summed E-state index contributed by atoms with van der Waals surface area (Å²) in [5, 5.41) is 18.0. The van der Waals surface area contributed by atoms with Crippen LogP contribution in [0.15, 0.2) is 24.3 Å². The van der Waals surface area contributed by atoms with E-state index in [1.807, 2.05) is 6.26 Å². The lowest BCUT2D eigenvalue weighted by molar-refractivity contribution is -0.138. The highest BCUT2D eigenvalue weighted by Gasteiger charge is 2.18. The van der Waals surface area contributed by atoms with Crippen molar-refractivity contribution in [1.82, 2.24) is 0 Å². The Morgan fingerprint density at radius 3 is 2.43 bits per heavy atom. The molecule has 3 nitrogen and oxygen atoms in total. The van der Waals surface area contributed by atoms with Crippen LogP contribution < -0.4 is 0 Å². The third kappa shape index (κ3) is 2.67. The van der Waals surface area contributed by atoms with Crippen LogP contribution in [0, 0.1) is 0 Å². The molecule has 0 saturated carbocycles. The molecule has 4 heteroatoms. The Bertz CT molecular complexity index is 308. The summed E-state index contributed by atoms with van der Waals surface area (Å²) in [7, 11) is 0. The number of phenols is 1. The van der Waals surface area contributed by atoms with Crippen LogP contribution >= 0.6 is 11.8 Å². The van der Waals surface area contributed by atoms with Gasteiger partial charge in [0.2, 0.25) is 0 Å². The number of hydrogen-bond acceptors (Lipinski definition) is 3. The predicted octanol–water partition coefficient (Wildman–Crippen LogP) is 1.92. The molecule has 0 saturated heterocycles. The van der Waals surface area contributed by atoms with Crippen molar-refractivity contribution >= 4 is 17.7 Å². The number of rotatable bonds is 4. The average Bonchev–Trinajstić information content (AvgIpc) is 2.15. The summed E-state index contributed by atoms with van der Waals surface area (Å²) in [6.45, 7) is 0. The largest absolute Gasteiger partial charge is 0.508 e. The molecule has 76 valence electrons. The lowest BCUT2D eigenvalue weighted by Crippen LogP contribution is -2.13. The lowest BCUT2D eigenvalue weighted by Gasteiger charge is -2.10. The highest BCUT2D eigenvalue weighted by molar-refractivity contribution is 7.98. The molecule has 0 fully saturated rings. The van der Waals surface area contributed by atoms with E-state index in [4.69, 9.17) is 10.2 Å². The quantitative estimate of drug-likeness (QED) is 0.800. The normalized spacial score (nSPS) is 12.4. The number of carboxylic acids is 1. The fourth-order valence-electron chi connectivity index (χ4n) is 1.18. The third-order valence-corrected chi connectivity index (χ3v) is 2.59. The van der Waals surface area contributed by atoms with Gasteiger partial charge in [-0.05, 0) is 24.0 Å². The number of phenolic OH excluding ortho intramolecular Hbond substituents is 1. The van der Waals surface area contributed by atoms with Crippen LogP contribution in [-0.2, 0) is 4.79 Å². The maximum absolute atomic E-state index is 10.9. The highest BCUT2D eigenvalue weighted by Crippen LogP contribution is 2.22. The van der Waals surface area contributed by atoms with Crippen molar-refractivity contribution in [3.05, 3.63) is 29.8 Å². The molecule has 1 unspecified atom stereocenters. The number of carbonyl (C=O) groups is 1. The smallest absolute Gasteiger partial charge is 0.311 e. The van der Waals surface area contributed by atoms with Gasteiger partial charge in [-0.25, -0.2) is 0 Å². The van der Waals surface area contributed by atoms with Crippen molar-refractivity contribution in [1.29, 1.82) is 0 Å². The summed E-state index contributed by atoms with van der Waals surface area (Å²) >= 11 is 1.49. The fraction of sp³-hybridized carbons (Fsp3) is 0.300. The molecule has 0 aliphatic rings. The molecular formula is C10H12O3S. The third-order valence-electron chi connectivity index (χ3n) is 1.93. The molecule has 14 heavy (non-hydrogen) atoms. The van der Waals surface area contributed by atoms with Gasteiger partial charge in [0.15, 0.2) is 0 Å². The molecule has 0 aliphatic heterocycles. The van der Waals surface area contributed by atoms with Gasteiger partial charge in [0.25, 0.3) is 0 Å². The Labute approximate surface area is 86.8 Å². The van der Waals surface area contributed by atoms with E-state index in [0.717, 1.165) is 5.56 Å². The Morgan fingerprint density at radius 2 is 2.00 bits per heavy atom. The van der Waals surface area contributed by atoms with Crippen LogP contribution in [0.4, 0.5) is 0 Å². The minimum Gasteiger partial charge on any atom is -0.508 e. The maximum Gasteiger partial charge on any atom is 0.311 e. The molecule has 0 aliphatic carbocycles. The monoisotopic (exact) mass is 212 g/mol. The summed E-state index contributed by atoms with van der Waals surface area (Å²) in [5.41, 5.74) is 0.727. The van der Waals surface area contributed by atoms with Crippen LogP contribution in [-0.4, -0.2) is 28.2 Å². The van der Waals surface area contributed by atoms with Crippen molar-refractivity contribution in [3.63, 3.8) is 0 Å². The van der Waals surface area contributed by atoms with E-state index in [9.17, 15) is 4.79 Å². The van der Waals surface area contributed by atoms with Crippen molar-refractivity contribution in [2.24, 2.45) is 0 Å². The first-order chi connectivity index (χ1) is 6.65. The molecule has 2 N–H and O–H groups in total. The Kier molecular flexibility index (Phi) is 3.83. The predicted molar refractivity (Wildman–Crippen MR) is 56.9 cm³/mol. The Balaban J connectivity index is 2.87. The van der Waals surface area contributed by atoms with Gasteiger partial charge in [0.05, 0.1) is 5.92 Å². The van der Waals surface area contributed by atoms with Crippen molar-refractivity contribution in [2.75, 3.05) is 12.0 Å². The standard InChI is InChI=1S/C10H12O3S/c1-14-6-9(10(12)13)7-2-4-8(11)5-3-7/h2-5,9,11H,6H2,1H3,(H,12,13). The molecule has 1 aromatic carbocycles. The fourth-order valence-corrected chi connectivity index (χ4v) is 1.85.